The van der Waals surface area contributed by atoms with E-state index in [1.54, 1.807) is 63.1 Å². The van der Waals surface area contributed by atoms with Gasteiger partial charge >= 0.3 is 6.09 Å². The van der Waals surface area contributed by atoms with E-state index in [1.807, 2.05) is 0 Å². The number of nitrogens with zero attached hydrogens (tertiary/aromatic N) is 4. The lowest BCUT2D eigenvalue weighted by molar-refractivity contribution is 0.0475. The summed E-state index contributed by atoms with van der Waals surface area (Å²) >= 11 is 3.64. The second-order valence-electron chi connectivity index (χ2n) is 10.7. The molecule has 0 bridgehead atoms. The number of amides is 1. The number of pyridine rings is 1. The number of aromatic nitrogens is 4. The Balaban J connectivity index is 1.57. The van der Waals surface area contributed by atoms with E-state index >= 15 is 0 Å². The van der Waals surface area contributed by atoms with Crippen LogP contribution in [-0.2, 0) is 21.8 Å². The minimum Gasteiger partial charge on any atom is -0.444 e. The maximum atomic E-state index is 14.0. The van der Waals surface area contributed by atoms with E-state index < -0.39 is 21.7 Å². The van der Waals surface area contributed by atoms with Crippen molar-refractivity contribution in [1.82, 2.24) is 24.1 Å². The van der Waals surface area contributed by atoms with Gasteiger partial charge in [0, 0.05) is 37.1 Å². The molecule has 4 aromatic rings. The molecule has 0 atom stereocenters. The molecular formula is C27H29BrN6O5S. The molecule has 0 aliphatic heterocycles. The number of halogens is 1. The normalized spacial score (nSPS) is 17.3. The number of rotatable bonds is 7. The molecule has 11 nitrogen and oxygen atoms in total. The summed E-state index contributed by atoms with van der Waals surface area (Å²) in [6, 6.07) is 7.92. The third-order valence-electron chi connectivity index (χ3n) is 6.51. The van der Waals surface area contributed by atoms with Crippen molar-refractivity contribution in [3.63, 3.8) is 0 Å². The predicted octanol–water partition coefficient (Wildman–Crippen LogP) is 4.72. The fourth-order valence-electron chi connectivity index (χ4n) is 4.69. The molecule has 3 aromatic heterocycles. The molecule has 1 aliphatic carbocycles. The summed E-state index contributed by atoms with van der Waals surface area (Å²) in [7, 11) is -2.36. The van der Waals surface area contributed by atoms with Crippen LogP contribution in [0.1, 0.15) is 44.0 Å². The Kier molecular flexibility index (Phi) is 7.21. The zero-order valence-corrected chi connectivity index (χ0v) is 24.8. The number of hydrogen-bond acceptors (Lipinski definition) is 8. The molecule has 1 aliphatic rings. The van der Waals surface area contributed by atoms with Crippen molar-refractivity contribution in [2.75, 3.05) is 5.32 Å². The number of carbonyl (C=O) groups excluding carboxylic acids is 2. The fourth-order valence-corrected chi connectivity index (χ4v) is 7.10. The summed E-state index contributed by atoms with van der Waals surface area (Å²) in [5.74, 6) is 0. The van der Waals surface area contributed by atoms with Crippen molar-refractivity contribution in [3.05, 3.63) is 59.0 Å². The van der Waals surface area contributed by atoms with E-state index in [0.29, 0.717) is 45.9 Å². The molecule has 1 amide bonds. The van der Waals surface area contributed by atoms with Crippen LogP contribution in [0.25, 0.3) is 22.3 Å². The summed E-state index contributed by atoms with van der Waals surface area (Å²) < 4.78 is 36.5. The minimum atomic E-state index is -4.10. The number of alkyl carbamates (subject to hydrolysis) is 1. The molecule has 13 heteroatoms. The van der Waals surface area contributed by atoms with Crippen molar-refractivity contribution in [1.29, 1.82) is 0 Å². The van der Waals surface area contributed by atoms with Crippen LogP contribution >= 0.6 is 15.9 Å². The third-order valence-corrected chi connectivity index (χ3v) is 8.98. The molecular weight excluding hydrogens is 600 g/mol. The van der Waals surface area contributed by atoms with Crippen LogP contribution in [0, 0.1) is 0 Å². The molecule has 0 saturated heterocycles. The number of fused-ring (bicyclic) bond motifs is 1. The lowest BCUT2D eigenvalue weighted by Gasteiger charge is -2.37. The van der Waals surface area contributed by atoms with E-state index in [2.05, 4.69) is 36.6 Å². The van der Waals surface area contributed by atoms with E-state index in [0.717, 1.165) is 0 Å². The Hall–Kier alpha value is -3.71. The number of ether oxygens (including phenoxy) is 1. The van der Waals surface area contributed by atoms with Gasteiger partial charge < -0.3 is 15.4 Å². The highest BCUT2D eigenvalue weighted by Gasteiger charge is 2.35. The van der Waals surface area contributed by atoms with Gasteiger partial charge in [-0.2, -0.15) is 5.10 Å². The average molecular weight is 630 g/mol. The molecule has 1 aromatic carbocycles. The summed E-state index contributed by atoms with van der Waals surface area (Å²) in [4.78, 5) is 28.8. The van der Waals surface area contributed by atoms with Gasteiger partial charge in [-0.3, -0.25) is 9.48 Å². The second kappa shape index (κ2) is 10.4. The van der Waals surface area contributed by atoms with E-state index in [9.17, 15) is 18.0 Å². The van der Waals surface area contributed by atoms with Gasteiger partial charge in [-0.25, -0.2) is 22.2 Å². The van der Waals surface area contributed by atoms with Crippen molar-refractivity contribution in [3.8, 4) is 11.3 Å². The topological polar surface area (TPSA) is 137 Å². The first kappa shape index (κ1) is 27.8. The fraction of sp³-hybridized carbons (Fsp3) is 0.333. The van der Waals surface area contributed by atoms with Gasteiger partial charge in [-0.1, -0.05) is 18.2 Å². The van der Waals surface area contributed by atoms with Gasteiger partial charge in [-0.15, -0.1) is 0 Å². The van der Waals surface area contributed by atoms with Crippen molar-refractivity contribution in [2.45, 2.75) is 56.2 Å². The first-order valence-electron chi connectivity index (χ1n) is 12.6. The van der Waals surface area contributed by atoms with E-state index in [-0.39, 0.29) is 28.2 Å². The number of aryl methyl sites for hydroxylation is 1. The van der Waals surface area contributed by atoms with Gasteiger partial charge in [0.05, 0.1) is 37.9 Å². The maximum Gasteiger partial charge on any atom is 0.407 e. The quantitative estimate of drug-likeness (QED) is 0.281. The smallest absolute Gasteiger partial charge is 0.407 e. The summed E-state index contributed by atoms with van der Waals surface area (Å²) in [5, 5.41) is 10.9. The van der Waals surface area contributed by atoms with Gasteiger partial charge in [0.2, 0.25) is 0 Å². The van der Waals surface area contributed by atoms with E-state index in [1.165, 1.54) is 22.3 Å². The first-order valence-corrected chi connectivity index (χ1v) is 14.9. The van der Waals surface area contributed by atoms with Gasteiger partial charge in [-0.05, 0) is 61.7 Å². The number of hydrogen-bond donors (Lipinski definition) is 2. The van der Waals surface area contributed by atoms with Crippen LogP contribution in [-0.4, -0.2) is 57.2 Å². The van der Waals surface area contributed by atoms with Crippen LogP contribution in [0.4, 0.5) is 10.5 Å². The first-order chi connectivity index (χ1) is 18.9. The van der Waals surface area contributed by atoms with Gasteiger partial charge in [0.1, 0.15) is 5.60 Å². The number of nitrogens with one attached hydrogen (secondary N) is 2. The van der Waals surface area contributed by atoms with Crippen LogP contribution in [0.15, 0.2) is 58.3 Å². The Morgan fingerprint density at radius 1 is 1.15 bits per heavy atom. The number of carbonyl (C=O) groups is 2. The van der Waals surface area contributed by atoms with Crippen LogP contribution in [0.2, 0.25) is 0 Å². The van der Waals surface area contributed by atoms with Gasteiger partial charge in [0.25, 0.3) is 10.0 Å². The Morgan fingerprint density at radius 2 is 1.85 bits per heavy atom. The molecule has 2 N–H and O–H groups in total. The molecule has 0 spiro atoms. The van der Waals surface area contributed by atoms with Crippen LogP contribution in [0.3, 0.4) is 0 Å². The van der Waals surface area contributed by atoms with Crippen molar-refractivity contribution >= 4 is 55.1 Å². The zero-order chi connectivity index (χ0) is 28.8. The predicted molar refractivity (Wildman–Crippen MR) is 154 cm³/mol. The summed E-state index contributed by atoms with van der Waals surface area (Å²) in [6.45, 7) is 5.40. The standard InChI is InChI=1S/C27H29BrN6O5S/c1-27(2,3)39-26(36)32-19-10-18(11-19)31-23-17(15-35)12-29-25-21(23)22(28)24(16-13-30-33(4)14-16)34(25)40(37,38)20-8-6-5-7-9-20/h5-9,12-15,18-19H,10-11H2,1-4H3,(H,29,31)(H,32,36). The Labute approximate surface area is 240 Å². The molecule has 210 valence electrons. The highest BCUT2D eigenvalue weighted by molar-refractivity contribution is 9.10. The van der Waals surface area contributed by atoms with Gasteiger partial charge in [0.15, 0.2) is 11.9 Å². The second-order valence-corrected chi connectivity index (χ2v) is 13.3. The zero-order valence-electron chi connectivity index (χ0n) is 22.4. The lowest BCUT2D eigenvalue weighted by Crippen LogP contribution is -2.50. The molecule has 1 saturated carbocycles. The highest BCUT2D eigenvalue weighted by atomic mass is 79.9. The Morgan fingerprint density at radius 3 is 2.45 bits per heavy atom. The van der Waals surface area contributed by atoms with Crippen molar-refractivity contribution < 1.29 is 22.7 Å². The minimum absolute atomic E-state index is 0.0768. The lowest BCUT2D eigenvalue weighted by atomic mass is 9.86. The molecule has 1 fully saturated rings. The number of benzene rings is 1. The molecule has 0 unspecified atom stereocenters. The van der Waals surface area contributed by atoms with E-state index in [4.69, 9.17) is 4.74 Å². The summed E-state index contributed by atoms with van der Waals surface area (Å²) in [5.41, 5.74) is 1.19. The third kappa shape index (κ3) is 5.22. The van der Waals surface area contributed by atoms with Crippen LogP contribution in [0.5, 0.6) is 0 Å². The molecule has 0 radical (unpaired) electrons. The molecule has 40 heavy (non-hydrogen) atoms. The SMILES string of the molecule is Cn1cc(-c2c(Br)c3c(NC4CC(NC(=O)OC(C)(C)C)C4)c(C=O)cnc3n2S(=O)(=O)c2ccccc2)cn1. The number of aldehydes is 1. The number of anilines is 1. The monoisotopic (exact) mass is 628 g/mol. The molecule has 3 heterocycles. The van der Waals surface area contributed by atoms with Crippen molar-refractivity contribution in [2.24, 2.45) is 7.05 Å². The highest BCUT2D eigenvalue weighted by Crippen LogP contribution is 2.44. The molecule has 5 rings (SSSR count). The largest absolute Gasteiger partial charge is 0.444 e. The summed E-state index contributed by atoms with van der Waals surface area (Å²) in [6.07, 6.45) is 6.04. The maximum absolute atomic E-state index is 14.0. The Bertz CT molecular complexity index is 1700. The van der Waals surface area contributed by atoms with Crippen LogP contribution < -0.4 is 10.6 Å². The average Bonchev–Trinajstić information content (AvgIpc) is 3.42.